The van der Waals surface area contributed by atoms with Crippen LogP contribution >= 0.6 is 0 Å². The average molecular weight is 359 g/mol. The molecule has 1 amide bonds. The Morgan fingerprint density at radius 1 is 1.27 bits per heavy atom. The van der Waals surface area contributed by atoms with Gasteiger partial charge in [-0.25, -0.2) is 9.97 Å². The molecule has 142 valence electrons. The minimum Gasteiger partial charge on any atom is -0.378 e. The zero-order chi connectivity index (χ0) is 18.4. The van der Waals surface area contributed by atoms with Crippen LogP contribution in [0.1, 0.15) is 24.6 Å². The number of carbonyl (C=O) groups excluding carboxylic acids is 1. The van der Waals surface area contributed by atoms with E-state index in [1.165, 1.54) is 0 Å². The van der Waals surface area contributed by atoms with Gasteiger partial charge >= 0.3 is 0 Å². The molecule has 26 heavy (non-hydrogen) atoms. The summed E-state index contributed by atoms with van der Waals surface area (Å²) < 4.78 is 5.41. The van der Waals surface area contributed by atoms with Crippen LogP contribution in [0.5, 0.6) is 0 Å². The summed E-state index contributed by atoms with van der Waals surface area (Å²) in [7, 11) is 3.98. The number of hydrogen-bond acceptors (Lipinski definition) is 6. The molecule has 7 heteroatoms. The van der Waals surface area contributed by atoms with Crippen molar-refractivity contribution in [2.75, 3.05) is 64.9 Å². The van der Waals surface area contributed by atoms with Crippen molar-refractivity contribution in [2.45, 2.75) is 18.8 Å². The molecule has 3 rings (SSSR count). The number of likely N-dealkylation sites (tertiary alicyclic amines) is 1. The first-order chi connectivity index (χ1) is 12.6. The van der Waals surface area contributed by atoms with E-state index in [1.54, 1.807) is 6.08 Å². The first-order valence-corrected chi connectivity index (χ1v) is 9.39. The number of ether oxygens (including phenoxy) is 1. The van der Waals surface area contributed by atoms with Crippen LogP contribution in [0, 0.1) is 0 Å². The van der Waals surface area contributed by atoms with Crippen molar-refractivity contribution in [1.82, 2.24) is 19.8 Å². The van der Waals surface area contributed by atoms with Crippen LogP contribution in [-0.4, -0.2) is 85.7 Å². The van der Waals surface area contributed by atoms with E-state index in [2.05, 4.69) is 9.88 Å². The van der Waals surface area contributed by atoms with Gasteiger partial charge in [-0.05, 0) is 33.0 Å². The van der Waals surface area contributed by atoms with Gasteiger partial charge in [0.2, 0.25) is 5.91 Å². The molecule has 0 atom stereocenters. The summed E-state index contributed by atoms with van der Waals surface area (Å²) >= 11 is 0. The Kier molecular flexibility index (Phi) is 6.57. The molecule has 7 nitrogen and oxygen atoms in total. The molecule has 1 aromatic rings. The highest BCUT2D eigenvalue weighted by atomic mass is 16.5. The second-order valence-corrected chi connectivity index (χ2v) is 7.14. The van der Waals surface area contributed by atoms with Crippen molar-refractivity contribution in [2.24, 2.45) is 0 Å². The molecule has 2 aliphatic heterocycles. The first-order valence-electron chi connectivity index (χ1n) is 9.39. The number of carbonyl (C=O) groups is 1. The summed E-state index contributed by atoms with van der Waals surface area (Å²) in [5.74, 6) is 2.33. The summed E-state index contributed by atoms with van der Waals surface area (Å²) in [6, 6.07) is 1.98. The van der Waals surface area contributed by atoms with E-state index < -0.39 is 0 Å². The molecule has 0 aromatic carbocycles. The molecule has 2 aliphatic rings. The highest BCUT2D eigenvalue weighted by molar-refractivity contribution is 5.87. The predicted molar refractivity (Wildman–Crippen MR) is 101 cm³/mol. The van der Waals surface area contributed by atoms with Crippen LogP contribution in [0.2, 0.25) is 0 Å². The molecule has 0 radical (unpaired) electrons. The van der Waals surface area contributed by atoms with Gasteiger partial charge in [-0.1, -0.05) is 6.08 Å². The topological polar surface area (TPSA) is 61.8 Å². The average Bonchev–Trinajstić information content (AvgIpc) is 2.68. The summed E-state index contributed by atoms with van der Waals surface area (Å²) in [4.78, 5) is 27.8. The van der Waals surface area contributed by atoms with Crippen LogP contribution in [0.15, 0.2) is 24.4 Å². The lowest BCUT2D eigenvalue weighted by molar-refractivity contribution is -0.127. The number of aromatic nitrogens is 2. The van der Waals surface area contributed by atoms with Gasteiger partial charge in [0.15, 0.2) is 0 Å². The Balaban J connectivity index is 1.54. The lowest BCUT2D eigenvalue weighted by Gasteiger charge is -2.31. The molecule has 0 N–H and O–H groups in total. The number of nitrogens with zero attached hydrogens (tertiary/aromatic N) is 5. The molecule has 3 heterocycles. The number of anilines is 1. The molecule has 0 unspecified atom stereocenters. The van der Waals surface area contributed by atoms with Crippen molar-refractivity contribution >= 4 is 11.7 Å². The summed E-state index contributed by atoms with van der Waals surface area (Å²) in [5.41, 5.74) is 0. The summed E-state index contributed by atoms with van der Waals surface area (Å²) in [6.45, 7) is 5.57. The molecular weight excluding hydrogens is 330 g/mol. The van der Waals surface area contributed by atoms with Crippen LogP contribution in [0.4, 0.5) is 5.82 Å². The van der Waals surface area contributed by atoms with E-state index in [0.29, 0.717) is 5.92 Å². The van der Waals surface area contributed by atoms with E-state index in [9.17, 15) is 4.79 Å². The van der Waals surface area contributed by atoms with Crippen LogP contribution < -0.4 is 4.90 Å². The zero-order valence-electron chi connectivity index (χ0n) is 15.8. The van der Waals surface area contributed by atoms with Crippen molar-refractivity contribution < 1.29 is 9.53 Å². The number of likely N-dealkylation sites (N-methyl/N-ethyl adjacent to an activating group) is 1. The molecule has 0 saturated carbocycles. The largest absolute Gasteiger partial charge is 0.378 e. The van der Waals surface area contributed by atoms with Crippen molar-refractivity contribution in [3.8, 4) is 0 Å². The van der Waals surface area contributed by atoms with Gasteiger partial charge < -0.3 is 19.4 Å². The SMILES string of the molecule is CN(C)C/C=C/C(=O)N1CCC(c2nccc(N3CCOCC3)n2)CC1. The lowest BCUT2D eigenvalue weighted by Crippen LogP contribution is -2.38. The van der Waals surface area contributed by atoms with Gasteiger partial charge in [-0.2, -0.15) is 0 Å². The first kappa shape index (κ1) is 18.8. The quantitative estimate of drug-likeness (QED) is 0.735. The molecule has 0 bridgehead atoms. The monoisotopic (exact) mass is 359 g/mol. The van der Waals surface area contributed by atoms with E-state index in [-0.39, 0.29) is 5.91 Å². The molecular formula is C19H29N5O2. The number of rotatable bonds is 5. The third-order valence-electron chi connectivity index (χ3n) is 4.90. The third-order valence-corrected chi connectivity index (χ3v) is 4.90. The Labute approximate surface area is 155 Å². The normalized spacial score (nSPS) is 19.5. The van der Waals surface area contributed by atoms with E-state index >= 15 is 0 Å². The number of hydrogen-bond donors (Lipinski definition) is 0. The summed E-state index contributed by atoms with van der Waals surface area (Å²) in [5, 5.41) is 0. The second-order valence-electron chi connectivity index (χ2n) is 7.14. The van der Waals surface area contributed by atoms with Gasteiger partial charge in [0, 0.05) is 50.9 Å². The second kappa shape index (κ2) is 9.09. The zero-order valence-corrected chi connectivity index (χ0v) is 15.8. The minimum absolute atomic E-state index is 0.105. The molecule has 1 aromatic heterocycles. The Morgan fingerprint density at radius 2 is 2.00 bits per heavy atom. The summed E-state index contributed by atoms with van der Waals surface area (Å²) in [6.07, 6.45) is 7.30. The standard InChI is InChI=1S/C19H29N5O2/c1-22(2)9-3-4-18(25)24-10-6-16(7-11-24)19-20-8-5-17(21-19)23-12-14-26-15-13-23/h3-5,8,16H,6-7,9-15H2,1-2H3/b4-3+. The molecule has 2 fully saturated rings. The maximum absolute atomic E-state index is 12.3. The third kappa shape index (κ3) is 5.02. The van der Waals surface area contributed by atoms with E-state index in [4.69, 9.17) is 9.72 Å². The minimum atomic E-state index is 0.105. The predicted octanol–water partition coefficient (Wildman–Crippen LogP) is 1.14. The smallest absolute Gasteiger partial charge is 0.246 e. The Hall–Kier alpha value is -1.99. The Morgan fingerprint density at radius 3 is 2.69 bits per heavy atom. The van der Waals surface area contributed by atoms with Crippen LogP contribution in [-0.2, 0) is 9.53 Å². The van der Waals surface area contributed by atoms with Gasteiger partial charge in [-0.3, -0.25) is 4.79 Å². The van der Waals surface area contributed by atoms with E-state index in [1.807, 2.05) is 42.2 Å². The molecule has 0 aliphatic carbocycles. The molecule has 0 spiro atoms. The highest BCUT2D eigenvalue weighted by Crippen LogP contribution is 2.27. The number of morpholine rings is 1. The maximum Gasteiger partial charge on any atom is 0.246 e. The fraction of sp³-hybridized carbons (Fsp3) is 0.632. The lowest BCUT2D eigenvalue weighted by atomic mass is 9.96. The van der Waals surface area contributed by atoms with Crippen molar-refractivity contribution in [3.63, 3.8) is 0 Å². The van der Waals surface area contributed by atoms with Crippen LogP contribution in [0.3, 0.4) is 0 Å². The number of amides is 1. The van der Waals surface area contributed by atoms with Crippen molar-refractivity contribution in [3.05, 3.63) is 30.2 Å². The van der Waals surface area contributed by atoms with Gasteiger partial charge in [0.1, 0.15) is 11.6 Å². The fourth-order valence-corrected chi connectivity index (χ4v) is 3.36. The maximum atomic E-state index is 12.3. The van der Waals surface area contributed by atoms with Gasteiger partial charge in [0.25, 0.3) is 0 Å². The Bertz CT molecular complexity index is 620. The number of piperidine rings is 1. The molecule has 2 saturated heterocycles. The highest BCUT2D eigenvalue weighted by Gasteiger charge is 2.25. The van der Waals surface area contributed by atoms with Crippen molar-refractivity contribution in [1.29, 1.82) is 0 Å². The van der Waals surface area contributed by atoms with Crippen LogP contribution in [0.25, 0.3) is 0 Å². The fourth-order valence-electron chi connectivity index (χ4n) is 3.36. The van der Waals surface area contributed by atoms with Gasteiger partial charge in [0.05, 0.1) is 13.2 Å². The van der Waals surface area contributed by atoms with Gasteiger partial charge in [-0.15, -0.1) is 0 Å². The van der Waals surface area contributed by atoms with E-state index in [0.717, 1.165) is 70.4 Å².